The van der Waals surface area contributed by atoms with Gasteiger partial charge >= 0.3 is 0 Å². The number of aromatic nitrogens is 1. The molecule has 0 spiro atoms. The van der Waals surface area contributed by atoms with Crippen LogP contribution in [0.4, 0.5) is 0 Å². The highest BCUT2D eigenvalue weighted by Crippen LogP contribution is 2.34. The minimum atomic E-state index is -0.323. The van der Waals surface area contributed by atoms with Crippen LogP contribution in [0, 0.1) is 0 Å². The van der Waals surface area contributed by atoms with E-state index in [2.05, 4.69) is 20.6 Å². The number of halogens is 1. The molecule has 1 aliphatic carbocycles. The highest BCUT2D eigenvalue weighted by molar-refractivity contribution is 7.18. The van der Waals surface area contributed by atoms with E-state index in [1.54, 1.807) is 13.3 Å². The lowest BCUT2D eigenvalue weighted by molar-refractivity contribution is -0.126. The zero-order chi connectivity index (χ0) is 21.1. The molecule has 0 bridgehead atoms. The molecule has 30 heavy (non-hydrogen) atoms. The van der Waals surface area contributed by atoms with Crippen LogP contribution in [0.3, 0.4) is 0 Å². The third kappa shape index (κ3) is 4.68. The maximum absolute atomic E-state index is 12.3. The number of hydrogen-bond donors (Lipinski definition) is 2. The van der Waals surface area contributed by atoms with Gasteiger partial charge in [0.2, 0.25) is 11.8 Å². The molecule has 8 heteroatoms. The monoisotopic (exact) mass is 440 g/mol. The standard InChI is InChI=1S/C22H21ClN4O2S/c1-24-13-22(7-8-22)27-19(29)12-25-18(28)11-20-26-21-16(23)9-15(10-17(21)30-20)14-5-3-2-4-6-14/h2-6,9-10,13H,7-8,11-12H2,1H3,(H,25,28)(H,27,29). The molecule has 2 N–H and O–H groups in total. The van der Waals surface area contributed by atoms with Gasteiger partial charge < -0.3 is 10.6 Å². The molecular weight excluding hydrogens is 420 g/mol. The van der Waals surface area contributed by atoms with Crippen molar-refractivity contribution in [2.75, 3.05) is 13.6 Å². The third-order valence-electron chi connectivity index (χ3n) is 4.91. The molecule has 1 heterocycles. The number of amides is 2. The van der Waals surface area contributed by atoms with Crippen molar-refractivity contribution in [2.24, 2.45) is 4.99 Å². The molecule has 1 aliphatic rings. The SMILES string of the molecule is CN=CC1(NC(=O)CNC(=O)Cc2nc3c(Cl)cc(-c4ccccc4)cc3s2)CC1. The zero-order valence-electron chi connectivity index (χ0n) is 16.4. The van der Waals surface area contributed by atoms with Crippen LogP contribution in [0.5, 0.6) is 0 Å². The summed E-state index contributed by atoms with van der Waals surface area (Å²) in [5, 5.41) is 6.78. The molecule has 2 aromatic carbocycles. The first kappa shape index (κ1) is 20.5. The number of nitrogens with one attached hydrogen (secondary N) is 2. The highest BCUT2D eigenvalue weighted by Gasteiger charge is 2.42. The number of rotatable bonds is 7. The van der Waals surface area contributed by atoms with Crippen LogP contribution in [0.1, 0.15) is 17.8 Å². The molecule has 3 aromatic rings. The fourth-order valence-corrected chi connectivity index (χ4v) is 4.63. The second-order valence-electron chi connectivity index (χ2n) is 7.32. The zero-order valence-corrected chi connectivity index (χ0v) is 18.0. The topological polar surface area (TPSA) is 83.5 Å². The first-order valence-corrected chi connectivity index (χ1v) is 10.8. The Morgan fingerprint density at radius 3 is 2.67 bits per heavy atom. The second kappa shape index (κ2) is 8.53. The van der Waals surface area contributed by atoms with Crippen molar-refractivity contribution in [3.8, 4) is 11.1 Å². The summed E-state index contributed by atoms with van der Waals surface area (Å²) in [5.74, 6) is -0.474. The second-order valence-corrected chi connectivity index (χ2v) is 8.85. The first-order valence-electron chi connectivity index (χ1n) is 9.63. The van der Waals surface area contributed by atoms with E-state index in [1.807, 2.05) is 42.5 Å². The summed E-state index contributed by atoms with van der Waals surface area (Å²) in [6, 6.07) is 13.9. The van der Waals surface area contributed by atoms with Gasteiger partial charge in [-0.1, -0.05) is 41.9 Å². The van der Waals surface area contributed by atoms with Gasteiger partial charge in [-0.2, -0.15) is 0 Å². The molecule has 0 unspecified atom stereocenters. The molecular formula is C22H21ClN4O2S. The predicted molar refractivity (Wildman–Crippen MR) is 121 cm³/mol. The number of carbonyl (C=O) groups is 2. The fourth-order valence-electron chi connectivity index (χ4n) is 3.28. The van der Waals surface area contributed by atoms with E-state index in [0.717, 1.165) is 28.7 Å². The van der Waals surface area contributed by atoms with Gasteiger partial charge in [-0.25, -0.2) is 4.98 Å². The van der Waals surface area contributed by atoms with E-state index in [1.165, 1.54) is 11.3 Å². The quantitative estimate of drug-likeness (QED) is 0.550. The molecule has 4 rings (SSSR count). The van der Waals surface area contributed by atoms with E-state index in [0.29, 0.717) is 15.5 Å². The number of fused-ring (bicyclic) bond motifs is 1. The summed E-state index contributed by atoms with van der Waals surface area (Å²) in [6.45, 7) is -0.0675. The van der Waals surface area contributed by atoms with Crippen LogP contribution >= 0.6 is 22.9 Å². The molecule has 0 aliphatic heterocycles. The van der Waals surface area contributed by atoms with Crippen molar-refractivity contribution in [1.29, 1.82) is 0 Å². The number of thiazole rings is 1. The Labute approximate surface area is 183 Å². The molecule has 1 fully saturated rings. The van der Waals surface area contributed by atoms with Gasteiger partial charge in [-0.15, -0.1) is 11.3 Å². The number of nitrogens with zero attached hydrogens (tertiary/aromatic N) is 2. The fraction of sp³-hybridized carbons (Fsp3) is 0.273. The van der Waals surface area contributed by atoms with Gasteiger partial charge in [0.05, 0.1) is 28.2 Å². The van der Waals surface area contributed by atoms with E-state index in [4.69, 9.17) is 11.6 Å². The third-order valence-corrected chi connectivity index (χ3v) is 6.20. The van der Waals surface area contributed by atoms with Gasteiger partial charge in [-0.3, -0.25) is 14.6 Å². The van der Waals surface area contributed by atoms with E-state index >= 15 is 0 Å². The lowest BCUT2D eigenvalue weighted by atomic mass is 10.1. The summed E-state index contributed by atoms with van der Waals surface area (Å²) < 4.78 is 0.927. The van der Waals surface area contributed by atoms with Crippen LogP contribution in [0.25, 0.3) is 21.3 Å². The number of hydrogen-bond acceptors (Lipinski definition) is 5. The van der Waals surface area contributed by atoms with E-state index < -0.39 is 0 Å². The van der Waals surface area contributed by atoms with Gasteiger partial charge in [0.15, 0.2) is 0 Å². The molecule has 0 saturated heterocycles. The van der Waals surface area contributed by atoms with Crippen molar-refractivity contribution in [3.63, 3.8) is 0 Å². The van der Waals surface area contributed by atoms with Gasteiger partial charge in [0.25, 0.3) is 0 Å². The molecule has 6 nitrogen and oxygen atoms in total. The molecule has 154 valence electrons. The smallest absolute Gasteiger partial charge is 0.240 e. The summed E-state index contributed by atoms with van der Waals surface area (Å²) in [4.78, 5) is 32.9. The number of carbonyl (C=O) groups excluding carboxylic acids is 2. The lowest BCUT2D eigenvalue weighted by Crippen LogP contribution is -2.44. The molecule has 0 atom stereocenters. The van der Waals surface area contributed by atoms with Crippen LogP contribution in [0.2, 0.25) is 5.02 Å². The Bertz CT molecular complexity index is 1120. The van der Waals surface area contributed by atoms with Crippen molar-refractivity contribution in [2.45, 2.75) is 24.8 Å². The van der Waals surface area contributed by atoms with Gasteiger partial charge in [0.1, 0.15) is 10.5 Å². The minimum Gasteiger partial charge on any atom is -0.347 e. The van der Waals surface area contributed by atoms with Crippen LogP contribution in [-0.4, -0.2) is 42.1 Å². The highest BCUT2D eigenvalue weighted by atomic mass is 35.5. The van der Waals surface area contributed by atoms with Crippen molar-refractivity contribution >= 4 is 51.2 Å². The Morgan fingerprint density at radius 2 is 1.97 bits per heavy atom. The summed E-state index contributed by atoms with van der Waals surface area (Å²) in [5.41, 5.74) is 2.45. The number of benzene rings is 2. The minimum absolute atomic E-state index is 0.0675. The maximum Gasteiger partial charge on any atom is 0.240 e. The Balaban J connectivity index is 1.39. The maximum atomic E-state index is 12.3. The van der Waals surface area contributed by atoms with Crippen LogP contribution in [-0.2, 0) is 16.0 Å². The first-order chi connectivity index (χ1) is 14.5. The predicted octanol–water partition coefficient (Wildman–Crippen LogP) is 3.62. The van der Waals surface area contributed by atoms with Gasteiger partial charge in [-0.05, 0) is 36.1 Å². The Morgan fingerprint density at radius 1 is 1.20 bits per heavy atom. The lowest BCUT2D eigenvalue weighted by Gasteiger charge is -2.12. The Hall–Kier alpha value is -2.77. The van der Waals surface area contributed by atoms with E-state index in [-0.39, 0.29) is 30.3 Å². The van der Waals surface area contributed by atoms with Crippen LogP contribution in [0.15, 0.2) is 47.5 Å². The normalized spacial score (nSPS) is 14.7. The average Bonchev–Trinajstić information content (AvgIpc) is 3.35. The summed E-state index contributed by atoms with van der Waals surface area (Å²) in [7, 11) is 1.68. The average molecular weight is 441 g/mol. The van der Waals surface area contributed by atoms with E-state index in [9.17, 15) is 9.59 Å². The molecule has 1 aromatic heterocycles. The van der Waals surface area contributed by atoms with Crippen LogP contribution < -0.4 is 10.6 Å². The van der Waals surface area contributed by atoms with Crippen molar-refractivity contribution < 1.29 is 9.59 Å². The Kier molecular flexibility index (Phi) is 5.83. The molecule has 0 radical (unpaired) electrons. The summed E-state index contributed by atoms with van der Waals surface area (Å²) in [6.07, 6.45) is 3.61. The van der Waals surface area contributed by atoms with Crippen molar-refractivity contribution in [3.05, 3.63) is 52.5 Å². The summed E-state index contributed by atoms with van der Waals surface area (Å²) >= 11 is 7.87. The molecule has 1 saturated carbocycles. The van der Waals surface area contributed by atoms with Crippen molar-refractivity contribution in [1.82, 2.24) is 15.6 Å². The largest absolute Gasteiger partial charge is 0.347 e. The molecule has 2 amide bonds. The van der Waals surface area contributed by atoms with Gasteiger partial charge in [0, 0.05) is 13.3 Å². The number of aliphatic imine (C=N–C) groups is 1.